The van der Waals surface area contributed by atoms with Crippen molar-refractivity contribution in [2.75, 3.05) is 12.3 Å². The molecule has 0 unspecified atom stereocenters. The number of nitrogens with zero attached hydrogens (tertiary/aromatic N) is 2. The van der Waals surface area contributed by atoms with Gasteiger partial charge in [0.05, 0.1) is 17.0 Å². The predicted octanol–water partition coefficient (Wildman–Crippen LogP) is 1.75. The quantitative estimate of drug-likeness (QED) is 0.815. The van der Waals surface area contributed by atoms with Gasteiger partial charge in [-0.05, 0) is 12.1 Å². The average molecular weight is 335 g/mol. The second kappa shape index (κ2) is 6.01. The first-order chi connectivity index (χ1) is 9.40. The van der Waals surface area contributed by atoms with Crippen molar-refractivity contribution in [3.05, 3.63) is 40.9 Å². The Balaban J connectivity index is 2.14. The molecule has 9 heteroatoms. The summed E-state index contributed by atoms with van der Waals surface area (Å²) in [6.45, 7) is 0.640. The summed E-state index contributed by atoms with van der Waals surface area (Å²) in [5.41, 5.74) is 5.68. The van der Waals surface area contributed by atoms with Gasteiger partial charge in [0, 0.05) is 30.5 Å². The van der Waals surface area contributed by atoms with Gasteiger partial charge in [0.2, 0.25) is 10.0 Å². The molecule has 0 aliphatic rings. The zero-order valence-corrected chi connectivity index (χ0v) is 12.6. The zero-order chi connectivity index (χ0) is 14.8. The molecule has 108 valence electrons. The Morgan fingerprint density at radius 1 is 1.35 bits per heavy atom. The first kappa shape index (κ1) is 15.1. The van der Waals surface area contributed by atoms with Crippen LogP contribution in [0.15, 0.2) is 35.7 Å². The standard InChI is InChI=1S/C11H12Cl2N4O2S/c12-8-5-9(13)11(10(14)6-8)20(18,19)16-2-4-17-3-1-15-7-17/h1,3,5-7,16H,2,4,14H2. The van der Waals surface area contributed by atoms with E-state index in [2.05, 4.69) is 9.71 Å². The monoisotopic (exact) mass is 334 g/mol. The van der Waals surface area contributed by atoms with Crippen LogP contribution in [0.3, 0.4) is 0 Å². The van der Waals surface area contributed by atoms with Crippen molar-refractivity contribution in [1.29, 1.82) is 0 Å². The van der Waals surface area contributed by atoms with Gasteiger partial charge in [-0.15, -0.1) is 0 Å². The number of hydrogen-bond donors (Lipinski definition) is 2. The third-order valence-electron chi connectivity index (χ3n) is 2.53. The number of nitrogen functional groups attached to an aromatic ring is 1. The van der Waals surface area contributed by atoms with E-state index < -0.39 is 10.0 Å². The van der Waals surface area contributed by atoms with Crippen molar-refractivity contribution in [3.8, 4) is 0 Å². The van der Waals surface area contributed by atoms with Crippen LogP contribution < -0.4 is 10.5 Å². The largest absolute Gasteiger partial charge is 0.398 e. The summed E-state index contributed by atoms with van der Waals surface area (Å²) < 4.78 is 28.5. The van der Waals surface area contributed by atoms with Gasteiger partial charge in [-0.3, -0.25) is 0 Å². The van der Waals surface area contributed by atoms with E-state index in [9.17, 15) is 8.42 Å². The predicted molar refractivity (Wildman–Crippen MR) is 78.3 cm³/mol. The van der Waals surface area contributed by atoms with E-state index in [0.717, 1.165) is 0 Å². The number of halogens is 2. The molecule has 0 aliphatic heterocycles. The SMILES string of the molecule is Nc1cc(Cl)cc(Cl)c1S(=O)(=O)NCCn1ccnc1. The lowest BCUT2D eigenvalue weighted by atomic mass is 10.3. The Labute approximate surface area is 126 Å². The summed E-state index contributed by atoms with van der Waals surface area (Å²) in [6.07, 6.45) is 4.94. The normalized spacial score (nSPS) is 11.7. The van der Waals surface area contributed by atoms with E-state index in [-0.39, 0.29) is 27.2 Å². The summed E-state index contributed by atoms with van der Waals surface area (Å²) in [6, 6.07) is 2.68. The van der Waals surface area contributed by atoms with Crippen molar-refractivity contribution in [3.63, 3.8) is 0 Å². The maximum absolute atomic E-state index is 12.2. The highest BCUT2D eigenvalue weighted by Crippen LogP contribution is 2.30. The molecule has 0 atom stereocenters. The van der Waals surface area contributed by atoms with Crippen LogP contribution in [0, 0.1) is 0 Å². The molecule has 0 bridgehead atoms. The van der Waals surface area contributed by atoms with Crippen LogP contribution in [-0.2, 0) is 16.6 Å². The maximum atomic E-state index is 12.2. The Morgan fingerprint density at radius 3 is 2.70 bits per heavy atom. The van der Waals surface area contributed by atoms with Crippen LogP contribution in [-0.4, -0.2) is 24.5 Å². The maximum Gasteiger partial charge on any atom is 0.244 e. The van der Waals surface area contributed by atoms with Crippen LogP contribution >= 0.6 is 23.2 Å². The van der Waals surface area contributed by atoms with E-state index in [0.29, 0.717) is 6.54 Å². The number of sulfonamides is 1. The number of nitrogens with two attached hydrogens (primary N) is 1. The lowest BCUT2D eigenvalue weighted by molar-refractivity contribution is 0.573. The van der Waals surface area contributed by atoms with Crippen molar-refractivity contribution in [1.82, 2.24) is 14.3 Å². The fourth-order valence-electron chi connectivity index (χ4n) is 1.66. The number of anilines is 1. The lowest BCUT2D eigenvalue weighted by Gasteiger charge is -2.11. The molecule has 0 saturated carbocycles. The van der Waals surface area contributed by atoms with Crippen LogP contribution in [0.4, 0.5) is 5.69 Å². The Hall–Kier alpha value is -1.28. The van der Waals surface area contributed by atoms with Crippen molar-refractivity contribution < 1.29 is 8.42 Å². The Kier molecular flexibility index (Phi) is 4.54. The minimum Gasteiger partial charge on any atom is -0.398 e. The van der Waals surface area contributed by atoms with Crippen LogP contribution in [0.5, 0.6) is 0 Å². The molecule has 2 rings (SSSR count). The molecule has 2 aromatic rings. The molecule has 0 saturated heterocycles. The summed E-state index contributed by atoms with van der Waals surface area (Å²) >= 11 is 11.7. The molecule has 1 heterocycles. The number of rotatable bonds is 5. The molecule has 0 aliphatic carbocycles. The number of hydrogen-bond acceptors (Lipinski definition) is 4. The average Bonchev–Trinajstić information content (AvgIpc) is 2.79. The Morgan fingerprint density at radius 2 is 2.10 bits per heavy atom. The molecule has 0 radical (unpaired) electrons. The molecule has 0 spiro atoms. The highest BCUT2D eigenvalue weighted by atomic mass is 35.5. The van der Waals surface area contributed by atoms with Crippen LogP contribution in [0.1, 0.15) is 0 Å². The minimum atomic E-state index is -3.79. The number of aromatic nitrogens is 2. The van der Waals surface area contributed by atoms with E-state index in [4.69, 9.17) is 28.9 Å². The van der Waals surface area contributed by atoms with Gasteiger partial charge >= 0.3 is 0 Å². The highest BCUT2D eigenvalue weighted by molar-refractivity contribution is 7.89. The van der Waals surface area contributed by atoms with Gasteiger partial charge in [0.1, 0.15) is 4.90 Å². The van der Waals surface area contributed by atoms with Gasteiger partial charge < -0.3 is 10.3 Å². The summed E-state index contributed by atoms with van der Waals surface area (Å²) in [4.78, 5) is 3.71. The van der Waals surface area contributed by atoms with Gasteiger partial charge in [-0.1, -0.05) is 23.2 Å². The molecule has 3 N–H and O–H groups in total. The second-order valence-corrected chi connectivity index (χ2v) is 6.55. The number of nitrogens with one attached hydrogen (secondary N) is 1. The van der Waals surface area contributed by atoms with E-state index >= 15 is 0 Å². The van der Waals surface area contributed by atoms with Crippen molar-refractivity contribution in [2.45, 2.75) is 11.4 Å². The lowest BCUT2D eigenvalue weighted by Crippen LogP contribution is -2.28. The molecule has 20 heavy (non-hydrogen) atoms. The first-order valence-electron chi connectivity index (χ1n) is 5.60. The van der Waals surface area contributed by atoms with E-state index in [1.165, 1.54) is 12.1 Å². The topological polar surface area (TPSA) is 90.0 Å². The van der Waals surface area contributed by atoms with Gasteiger partial charge in [0.15, 0.2) is 0 Å². The fraction of sp³-hybridized carbons (Fsp3) is 0.182. The third kappa shape index (κ3) is 3.43. The third-order valence-corrected chi connectivity index (χ3v) is 4.73. The van der Waals surface area contributed by atoms with E-state index in [1.54, 1.807) is 23.3 Å². The van der Waals surface area contributed by atoms with Crippen molar-refractivity contribution in [2.24, 2.45) is 0 Å². The molecular formula is C11H12Cl2N4O2S. The number of benzene rings is 1. The highest BCUT2D eigenvalue weighted by Gasteiger charge is 2.21. The van der Waals surface area contributed by atoms with Crippen molar-refractivity contribution >= 4 is 38.9 Å². The molecule has 0 fully saturated rings. The van der Waals surface area contributed by atoms with Gasteiger partial charge in [0.25, 0.3) is 0 Å². The molecule has 0 amide bonds. The molecule has 6 nitrogen and oxygen atoms in total. The van der Waals surface area contributed by atoms with Crippen LogP contribution in [0.2, 0.25) is 10.0 Å². The summed E-state index contributed by atoms with van der Waals surface area (Å²) in [7, 11) is -3.79. The number of imidazole rings is 1. The molecular weight excluding hydrogens is 323 g/mol. The molecule has 1 aromatic heterocycles. The first-order valence-corrected chi connectivity index (χ1v) is 7.84. The van der Waals surface area contributed by atoms with Crippen LogP contribution in [0.25, 0.3) is 0 Å². The molecule has 1 aromatic carbocycles. The summed E-state index contributed by atoms with van der Waals surface area (Å²) in [5, 5.41) is 0.273. The van der Waals surface area contributed by atoms with Gasteiger partial charge in [-0.2, -0.15) is 0 Å². The zero-order valence-electron chi connectivity index (χ0n) is 10.3. The van der Waals surface area contributed by atoms with E-state index in [1.807, 2.05) is 0 Å². The smallest absolute Gasteiger partial charge is 0.244 e. The Bertz CT molecular complexity index is 678. The fourth-order valence-corrected chi connectivity index (χ4v) is 3.67. The minimum absolute atomic E-state index is 0.00914. The second-order valence-electron chi connectivity index (χ2n) is 4.00. The summed E-state index contributed by atoms with van der Waals surface area (Å²) in [5.74, 6) is 0. The van der Waals surface area contributed by atoms with Gasteiger partial charge in [-0.25, -0.2) is 18.1 Å².